The second-order valence-corrected chi connectivity index (χ2v) is 7.05. The number of methoxy groups -OCH3 is 1. The lowest BCUT2D eigenvalue weighted by Crippen LogP contribution is -2.26. The fourth-order valence-electron chi connectivity index (χ4n) is 2.84. The summed E-state index contributed by atoms with van der Waals surface area (Å²) in [6.07, 6.45) is 2.62. The molecule has 1 aromatic heterocycles. The summed E-state index contributed by atoms with van der Waals surface area (Å²) in [4.78, 5) is -3.26. The third-order valence-electron chi connectivity index (χ3n) is 4.17. The van der Waals surface area contributed by atoms with Crippen molar-refractivity contribution < 1.29 is 23.0 Å². The molecule has 1 aliphatic heterocycles. The Hall–Kier alpha value is -1.58. The second-order valence-electron chi connectivity index (χ2n) is 6.06. The van der Waals surface area contributed by atoms with E-state index >= 15 is 0 Å². The van der Waals surface area contributed by atoms with Gasteiger partial charge < -0.3 is 14.2 Å². The molecule has 2 heterocycles. The molecule has 0 radical (unpaired) electrons. The van der Waals surface area contributed by atoms with E-state index in [1.807, 2.05) is 0 Å². The van der Waals surface area contributed by atoms with Gasteiger partial charge in [-0.25, -0.2) is 4.68 Å². The summed E-state index contributed by atoms with van der Waals surface area (Å²) in [6.45, 7) is 0.866. The number of nitrogens with zero attached hydrogens (tertiary/aromatic N) is 3. The fraction of sp³-hybridized carbons (Fsp3) is 0.529. The zero-order chi connectivity index (χ0) is 18.6. The average Bonchev–Trinajstić information content (AvgIpc) is 3.04. The molecule has 1 N–H and O–H groups in total. The van der Waals surface area contributed by atoms with Crippen molar-refractivity contribution in [3.05, 3.63) is 41.2 Å². The van der Waals surface area contributed by atoms with Crippen molar-refractivity contribution in [2.24, 2.45) is 0 Å². The maximum Gasteiger partial charge on any atom is 0.344 e. The fourth-order valence-corrected chi connectivity index (χ4v) is 3.27. The molecule has 9 heteroatoms. The Bertz CT molecular complexity index is 713. The van der Waals surface area contributed by atoms with Crippen LogP contribution < -0.4 is 4.74 Å². The van der Waals surface area contributed by atoms with E-state index in [0.29, 0.717) is 5.75 Å². The third kappa shape index (κ3) is 4.77. The predicted molar refractivity (Wildman–Crippen MR) is 94.5 cm³/mol. The van der Waals surface area contributed by atoms with Crippen molar-refractivity contribution in [2.45, 2.75) is 43.5 Å². The minimum absolute atomic E-state index is 0.0483. The van der Waals surface area contributed by atoms with Gasteiger partial charge in [-0.2, -0.15) is 8.78 Å². The summed E-state index contributed by atoms with van der Waals surface area (Å²) in [5, 5.41) is 7.81. The van der Waals surface area contributed by atoms with Crippen LogP contribution >= 0.6 is 15.9 Å². The van der Waals surface area contributed by atoms with E-state index in [4.69, 9.17) is 9.47 Å². The van der Waals surface area contributed by atoms with Crippen LogP contribution in [0, 0.1) is 0 Å². The quantitative estimate of drug-likeness (QED) is 0.497. The first kappa shape index (κ1) is 19.2. The number of aliphatic hydroxyl groups is 2. The molecule has 1 saturated heterocycles. The highest BCUT2D eigenvalue weighted by Gasteiger charge is 2.36. The predicted octanol–water partition coefficient (Wildman–Crippen LogP) is 3.33. The van der Waals surface area contributed by atoms with Crippen LogP contribution in [0.5, 0.6) is 5.75 Å². The normalized spacial score (nSPS) is 18.1. The lowest BCUT2D eigenvalue weighted by atomic mass is 10.2. The number of alkyl halides is 3. The molecule has 1 unspecified atom stereocenters. The summed E-state index contributed by atoms with van der Waals surface area (Å²) in [5.41, 5.74) is 0.619. The molecule has 0 aliphatic carbocycles. The summed E-state index contributed by atoms with van der Waals surface area (Å²) < 4.78 is 44.5. The summed E-state index contributed by atoms with van der Waals surface area (Å²) in [7, 11) is 1.57. The van der Waals surface area contributed by atoms with Crippen LogP contribution in [0.25, 0.3) is 0 Å². The van der Waals surface area contributed by atoms with Crippen molar-refractivity contribution in [1.29, 1.82) is 0 Å². The number of hydrogen-bond acceptors (Lipinski definition) is 4. The Labute approximate surface area is 158 Å². The Morgan fingerprint density at radius 1 is 1.31 bits per heavy atom. The average molecular weight is 433 g/mol. The van der Waals surface area contributed by atoms with Gasteiger partial charge >= 0.3 is 4.83 Å². The van der Waals surface area contributed by atoms with E-state index in [9.17, 15) is 8.78 Å². The zero-order valence-corrected chi connectivity index (χ0v) is 16.0. The first-order valence-corrected chi connectivity index (χ1v) is 9.17. The molecule has 0 saturated carbocycles. The van der Waals surface area contributed by atoms with E-state index in [1.54, 1.807) is 31.4 Å². The van der Waals surface area contributed by atoms with Crippen molar-refractivity contribution in [2.75, 3.05) is 13.7 Å². The largest absolute Gasteiger partial charge is 0.497 e. The summed E-state index contributed by atoms with van der Waals surface area (Å²) in [6, 6.07) is 7.14. The highest BCUT2D eigenvalue weighted by molar-refractivity contribution is 9.09. The molecular weight excluding hydrogens is 412 g/mol. The highest BCUT2D eigenvalue weighted by Crippen LogP contribution is 2.36. The molecule has 1 aromatic carbocycles. The van der Waals surface area contributed by atoms with Gasteiger partial charge in [0.15, 0.2) is 0 Å². The van der Waals surface area contributed by atoms with Crippen LogP contribution in [0.4, 0.5) is 8.78 Å². The van der Waals surface area contributed by atoms with Gasteiger partial charge in [-0.3, -0.25) is 0 Å². The molecule has 2 aromatic rings. The SMILES string of the molecule is COc1ccc(Cn2nnc(COC3CCCC[OH+]3)c2C(F)(F)Br)cc1. The minimum Gasteiger partial charge on any atom is -0.497 e. The smallest absolute Gasteiger partial charge is 0.344 e. The third-order valence-corrected chi connectivity index (χ3v) is 4.54. The zero-order valence-electron chi connectivity index (χ0n) is 14.4. The number of hydrogen-bond donors (Lipinski definition) is 0. The molecule has 0 amide bonds. The molecular formula is C17H21BrF2N3O3+. The van der Waals surface area contributed by atoms with E-state index in [0.717, 1.165) is 31.4 Å². The molecule has 3 rings (SSSR count). The molecule has 6 nitrogen and oxygen atoms in total. The van der Waals surface area contributed by atoms with Gasteiger partial charge in [0.1, 0.15) is 30.4 Å². The molecule has 26 heavy (non-hydrogen) atoms. The monoisotopic (exact) mass is 432 g/mol. The molecule has 0 spiro atoms. The molecule has 0 bridgehead atoms. The Kier molecular flexibility index (Phi) is 6.20. The summed E-state index contributed by atoms with van der Waals surface area (Å²) in [5.74, 6) is 0.698. The van der Waals surface area contributed by atoms with E-state index < -0.39 is 4.83 Å². The van der Waals surface area contributed by atoms with Crippen molar-refractivity contribution >= 4 is 15.9 Å². The van der Waals surface area contributed by atoms with Gasteiger partial charge in [-0.1, -0.05) is 17.3 Å². The van der Waals surface area contributed by atoms with E-state index in [1.165, 1.54) is 4.68 Å². The van der Waals surface area contributed by atoms with Crippen LogP contribution in [0.15, 0.2) is 24.3 Å². The van der Waals surface area contributed by atoms with Gasteiger partial charge in [0.25, 0.3) is 6.29 Å². The van der Waals surface area contributed by atoms with Gasteiger partial charge in [0.05, 0.1) is 13.7 Å². The van der Waals surface area contributed by atoms with Gasteiger partial charge in [-0.15, -0.1) is 5.10 Å². The van der Waals surface area contributed by atoms with Crippen LogP contribution in [-0.4, -0.2) is 39.7 Å². The van der Waals surface area contributed by atoms with Crippen molar-refractivity contribution in [3.8, 4) is 5.75 Å². The standard InChI is InChI=1S/C17H20BrF2N3O3/c1-24-13-7-5-12(6-8-13)10-23-16(17(18,19)20)14(21-22-23)11-26-15-4-2-3-9-25-15/h5-8,15H,2-4,9-11H2,1H3/p+1. The number of aromatic nitrogens is 3. The van der Waals surface area contributed by atoms with Crippen molar-refractivity contribution in [3.63, 3.8) is 0 Å². The van der Waals surface area contributed by atoms with Gasteiger partial charge in [0.2, 0.25) is 0 Å². The number of rotatable bonds is 7. The molecule has 1 aliphatic rings. The second kappa shape index (κ2) is 8.41. The van der Waals surface area contributed by atoms with E-state index in [2.05, 4.69) is 31.0 Å². The lowest BCUT2D eigenvalue weighted by Gasteiger charge is -2.19. The minimum atomic E-state index is -3.26. The Morgan fingerprint density at radius 3 is 2.69 bits per heavy atom. The van der Waals surface area contributed by atoms with Crippen LogP contribution in [0.2, 0.25) is 0 Å². The summed E-state index contributed by atoms with van der Waals surface area (Å²) >= 11 is 2.44. The van der Waals surface area contributed by atoms with E-state index in [-0.39, 0.29) is 30.8 Å². The Balaban J connectivity index is 1.75. The van der Waals surface area contributed by atoms with Crippen LogP contribution in [0.1, 0.15) is 36.2 Å². The Morgan fingerprint density at radius 2 is 2.08 bits per heavy atom. The van der Waals surface area contributed by atoms with Crippen LogP contribution in [-0.2, 0) is 22.7 Å². The van der Waals surface area contributed by atoms with Crippen molar-refractivity contribution in [1.82, 2.24) is 15.0 Å². The van der Waals surface area contributed by atoms with Crippen LogP contribution in [0.3, 0.4) is 0 Å². The first-order chi connectivity index (χ1) is 12.5. The maximum atomic E-state index is 14.1. The lowest BCUT2D eigenvalue weighted by molar-refractivity contribution is -0.261. The first-order valence-electron chi connectivity index (χ1n) is 8.38. The number of benzene rings is 1. The van der Waals surface area contributed by atoms with Gasteiger partial charge in [0, 0.05) is 12.8 Å². The number of ether oxygens (including phenoxy) is 3. The maximum absolute atomic E-state index is 14.1. The molecule has 142 valence electrons. The molecule has 1 atom stereocenters. The molecule has 1 fully saturated rings. The van der Waals surface area contributed by atoms with Gasteiger partial charge in [-0.05, 0) is 40.0 Å². The highest BCUT2D eigenvalue weighted by atomic mass is 79.9. The number of halogens is 3. The topological polar surface area (TPSA) is 62.0 Å².